The van der Waals surface area contributed by atoms with Crippen molar-refractivity contribution in [1.29, 1.82) is 0 Å². The van der Waals surface area contributed by atoms with Gasteiger partial charge in [-0.05, 0) is 12.8 Å². The van der Waals surface area contributed by atoms with Crippen LogP contribution in [0, 0.1) is 16.7 Å². The second-order valence-electron chi connectivity index (χ2n) is 8.47. The molecule has 0 aromatic rings. The molecule has 6 heteroatoms. The van der Waals surface area contributed by atoms with Crippen molar-refractivity contribution in [3.8, 4) is 0 Å². The molecule has 0 fully saturated rings. The number of hydrogen-bond donors (Lipinski definition) is 2. The van der Waals surface area contributed by atoms with Gasteiger partial charge >= 0.3 is 5.97 Å². The molecule has 2 N–H and O–H groups in total. The zero-order chi connectivity index (χ0) is 19.9. The molecule has 2 aliphatic rings. The molecule has 144 valence electrons. The average molecular weight is 364 g/mol. The van der Waals surface area contributed by atoms with Crippen LogP contribution in [0.15, 0.2) is 22.7 Å². The van der Waals surface area contributed by atoms with Gasteiger partial charge in [-0.15, -0.1) is 0 Å². The minimum atomic E-state index is -0.999. The molecule has 2 aliphatic carbocycles. The van der Waals surface area contributed by atoms with Gasteiger partial charge in [0.15, 0.2) is 11.6 Å². The van der Waals surface area contributed by atoms with Gasteiger partial charge in [0, 0.05) is 40.7 Å². The third kappa shape index (κ3) is 3.55. The lowest BCUT2D eigenvalue weighted by atomic mass is 9.67. The van der Waals surface area contributed by atoms with Crippen molar-refractivity contribution in [1.82, 2.24) is 0 Å². The lowest BCUT2D eigenvalue weighted by Crippen LogP contribution is -2.36. The van der Waals surface area contributed by atoms with E-state index in [2.05, 4.69) is 0 Å². The van der Waals surface area contributed by atoms with E-state index in [1.807, 2.05) is 27.7 Å². The number of Topliss-reactive ketones (excluding diaryl/α,β-unsaturated/α-hetero) is 2. The van der Waals surface area contributed by atoms with Crippen molar-refractivity contribution in [3.05, 3.63) is 22.7 Å². The lowest BCUT2D eigenvalue weighted by Gasteiger charge is -2.37. The molecule has 0 aliphatic heterocycles. The standard InChI is InChI=1S/C20H28O6/c1-19(2)8-6-12(21)15(17(19)24)11(10-14(23)26-5)16-13(22)7-9-20(3,4)18(16)25/h11,24-25H,6-10H2,1-5H3. The second kappa shape index (κ2) is 6.89. The van der Waals surface area contributed by atoms with Gasteiger partial charge < -0.3 is 14.9 Å². The van der Waals surface area contributed by atoms with Crippen LogP contribution in [0.25, 0.3) is 0 Å². The Morgan fingerprint density at radius 1 is 0.962 bits per heavy atom. The summed E-state index contributed by atoms with van der Waals surface area (Å²) in [5.74, 6) is -2.43. The van der Waals surface area contributed by atoms with E-state index in [9.17, 15) is 24.6 Å². The van der Waals surface area contributed by atoms with Gasteiger partial charge in [0.2, 0.25) is 0 Å². The largest absolute Gasteiger partial charge is 0.511 e. The van der Waals surface area contributed by atoms with E-state index >= 15 is 0 Å². The maximum Gasteiger partial charge on any atom is 0.306 e. The quantitative estimate of drug-likeness (QED) is 0.740. The van der Waals surface area contributed by atoms with E-state index in [4.69, 9.17) is 4.74 Å². The van der Waals surface area contributed by atoms with Gasteiger partial charge in [-0.3, -0.25) is 14.4 Å². The van der Waals surface area contributed by atoms with E-state index in [0.717, 1.165) is 0 Å². The van der Waals surface area contributed by atoms with Crippen LogP contribution in [0.4, 0.5) is 0 Å². The van der Waals surface area contributed by atoms with E-state index in [-0.39, 0.29) is 53.5 Å². The average Bonchev–Trinajstić information content (AvgIpc) is 2.56. The third-order valence-electron chi connectivity index (χ3n) is 5.64. The summed E-state index contributed by atoms with van der Waals surface area (Å²) in [6.07, 6.45) is 1.12. The Kier molecular flexibility index (Phi) is 5.36. The van der Waals surface area contributed by atoms with E-state index in [1.54, 1.807) is 0 Å². The molecule has 0 saturated carbocycles. The highest BCUT2D eigenvalue weighted by Crippen LogP contribution is 2.46. The van der Waals surface area contributed by atoms with Crippen LogP contribution < -0.4 is 0 Å². The third-order valence-corrected chi connectivity index (χ3v) is 5.64. The predicted molar refractivity (Wildman–Crippen MR) is 95.5 cm³/mol. The number of ketones is 2. The molecule has 0 amide bonds. The first-order valence-corrected chi connectivity index (χ1v) is 8.93. The van der Waals surface area contributed by atoms with Crippen LogP contribution in [0.3, 0.4) is 0 Å². The number of aliphatic hydroxyl groups excluding tert-OH is 2. The minimum absolute atomic E-state index is 0.0549. The summed E-state index contributed by atoms with van der Waals surface area (Å²) in [5, 5.41) is 21.5. The van der Waals surface area contributed by atoms with E-state index in [0.29, 0.717) is 12.8 Å². The highest BCUT2D eigenvalue weighted by Gasteiger charge is 2.45. The van der Waals surface area contributed by atoms with Gasteiger partial charge in [0.05, 0.1) is 13.5 Å². The first kappa shape index (κ1) is 20.2. The molecule has 0 aromatic heterocycles. The summed E-state index contributed by atoms with van der Waals surface area (Å²) in [4.78, 5) is 37.3. The molecule has 6 nitrogen and oxygen atoms in total. The summed E-state index contributed by atoms with van der Waals surface area (Å²) in [6, 6.07) is 0. The Balaban J connectivity index is 2.70. The predicted octanol–water partition coefficient (Wildman–Crippen LogP) is 3.57. The SMILES string of the molecule is COC(=O)CC(C1=C(O)C(C)(C)CCC1=O)C1=C(O)C(C)(C)CCC1=O. The number of carbonyl (C=O) groups excluding carboxylic acids is 3. The Morgan fingerprint density at radius 2 is 1.35 bits per heavy atom. The van der Waals surface area contributed by atoms with Crippen molar-refractivity contribution in [2.75, 3.05) is 7.11 Å². The number of allylic oxidation sites excluding steroid dienone is 4. The summed E-state index contributed by atoms with van der Waals surface area (Å²) in [5.41, 5.74) is -1.17. The smallest absolute Gasteiger partial charge is 0.306 e. The minimum Gasteiger partial charge on any atom is -0.511 e. The zero-order valence-electron chi connectivity index (χ0n) is 16.1. The highest BCUT2D eigenvalue weighted by molar-refractivity contribution is 6.04. The first-order chi connectivity index (χ1) is 11.9. The molecule has 0 atom stereocenters. The summed E-state index contributed by atoms with van der Waals surface area (Å²) in [7, 11) is 1.22. The Labute approximate surface area is 153 Å². The van der Waals surface area contributed by atoms with Crippen LogP contribution in [0.1, 0.15) is 59.8 Å². The molecule has 0 saturated heterocycles. The first-order valence-electron chi connectivity index (χ1n) is 8.93. The topological polar surface area (TPSA) is 101 Å². The summed E-state index contributed by atoms with van der Waals surface area (Å²) < 4.78 is 4.74. The fourth-order valence-electron chi connectivity index (χ4n) is 3.67. The fraction of sp³-hybridized carbons (Fsp3) is 0.650. The fourth-order valence-corrected chi connectivity index (χ4v) is 3.67. The number of hydrogen-bond acceptors (Lipinski definition) is 6. The van der Waals surface area contributed by atoms with Gasteiger partial charge in [-0.2, -0.15) is 0 Å². The van der Waals surface area contributed by atoms with Crippen LogP contribution in [-0.2, 0) is 19.1 Å². The second-order valence-corrected chi connectivity index (χ2v) is 8.47. The number of ether oxygens (including phenoxy) is 1. The lowest BCUT2D eigenvalue weighted by molar-refractivity contribution is -0.141. The van der Waals surface area contributed by atoms with Crippen molar-refractivity contribution < 1.29 is 29.3 Å². The Hall–Kier alpha value is -2.11. The van der Waals surface area contributed by atoms with Gasteiger partial charge in [0.25, 0.3) is 0 Å². The molecule has 0 aromatic carbocycles. The Bertz CT molecular complexity index is 656. The maximum atomic E-state index is 12.6. The summed E-state index contributed by atoms with van der Waals surface area (Å²) in [6.45, 7) is 7.24. The van der Waals surface area contributed by atoms with Crippen LogP contribution in [0.2, 0.25) is 0 Å². The monoisotopic (exact) mass is 364 g/mol. The molecule has 0 spiro atoms. The molecular formula is C20H28O6. The van der Waals surface area contributed by atoms with Crippen molar-refractivity contribution in [2.24, 2.45) is 16.7 Å². The van der Waals surface area contributed by atoms with Gasteiger partial charge in [0.1, 0.15) is 11.5 Å². The van der Waals surface area contributed by atoms with E-state index < -0.39 is 22.7 Å². The van der Waals surface area contributed by atoms with Crippen molar-refractivity contribution >= 4 is 17.5 Å². The molecule has 0 unspecified atom stereocenters. The van der Waals surface area contributed by atoms with Crippen LogP contribution >= 0.6 is 0 Å². The van der Waals surface area contributed by atoms with E-state index in [1.165, 1.54) is 7.11 Å². The molecular weight excluding hydrogens is 336 g/mol. The number of rotatable bonds is 4. The number of methoxy groups -OCH3 is 1. The van der Waals surface area contributed by atoms with Crippen molar-refractivity contribution in [3.63, 3.8) is 0 Å². The zero-order valence-corrected chi connectivity index (χ0v) is 16.1. The number of esters is 1. The maximum absolute atomic E-state index is 12.6. The van der Waals surface area contributed by atoms with Crippen LogP contribution in [-0.4, -0.2) is 34.9 Å². The number of carbonyl (C=O) groups is 3. The molecule has 0 heterocycles. The molecule has 0 bridgehead atoms. The highest BCUT2D eigenvalue weighted by atomic mass is 16.5. The van der Waals surface area contributed by atoms with Gasteiger partial charge in [-0.1, -0.05) is 27.7 Å². The Morgan fingerprint density at radius 3 is 1.69 bits per heavy atom. The summed E-state index contributed by atoms with van der Waals surface area (Å²) >= 11 is 0. The number of aliphatic hydroxyl groups is 2. The molecule has 26 heavy (non-hydrogen) atoms. The van der Waals surface area contributed by atoms with Crippen molar-refractivity contribution in [2.45, 2.75) is 59.8 Å². The van der Waals surface area contributed by atoms with Gasteiger partial charge in [-0.25, -0.2) is 0 Å². The molecule has 0 radical (unpaired) electrons. The normalized spacial score (nSPS) is 22.8. The van der Waals surface area contributed by atoms with Crippen LogP contribution in [0.5, 0.6) is 0 Å². The molecule has 2 rings (SSSR count).